The number of rotatable bonds is 3. The number of imide groups is 1. The lowest BCUT2D eigenvalue weighted by atomic mass is 9.63. The molecule has 1 saturated heterocycles. The van der Waals surface area contributed by atoms with E-state index in [1.807, 2.05) is 32.0 Å². The summed E-state index contributed by atoms with van der Waals surface area (Å²) in [6.45, 7) is 5.50. The molecule has 136 valence electrons. The summed E-state index contributed by atoms with van der Waals surface area (Å²) >= 11 is 0. The fraction of sp³-hybridized carbons (Fsp3) is 0.476. The van der Waals surface area contributed by atoms with Crippen molar-refractivity contribution in [2.45, 2.75) is 39.7 Å². The Labute approximate surface area is 153 Å². The molecule has 26 heavy (non-hydrogen) atoms. The molecule has 1 saturated carbocycles. The van der Waals surface area contributed by atoms with Gasteiger partial charge >= 0.3 is 0 Å². The molecule has 5 nitrogen and oxygen atoms in total. The number of aryl methyl sites for hydroxylation is 2. The zero-order valence-electron chi connectivity index (χ0n) is 15.4. The van der Waals surface area contributed by atoms with Gasteiger partial charge in [0.15, 0.2) is 0 Å². The number of benzene rings is 1. The average molecular weight is 352 g/mol. The molecule has 5 rings (SSSR count). The van der Waals surface area contributed by atoms with Crippen LogP contribution in [0, 0.1) is 37.5 Å². The van der Waals surface area contributed by atoms with Gasteiger partial charge in [0.2, 0.25) is 17.7 Å². The Morgan fingerprint density at radius 1 is 1.04 bits per heavy atom. The van der Waals surface area contributed by atoms with Crippen LogP contribution in [-0.4, -0.2) is 28.7 Å². The van der Waals surface area contributed by atoms with Crippen molar-refractivity contribution < 1.29 is 14.4 Å². The molecule has 3 aliphatic carbocycles. The zero-order chi connectivity index (χ0) is 18.6. The highest BCUT2D eigenvalue weighted by atomic mass is 16.2. The summed E-state index contributed by atoms with van der Waals surface area (Å²) in [6, 6.07) is 4.98. The minimum absolute atomic E-state index is 0.139. The van der Waals surface area contributed by atoms with Crippen LogP contribution in [0.3, 0.4) is 0 Å². The Balaban J connectivity index is 1.57. The Morgan fingerprint density at radius 3 is 2.00 bits per heavy atom. The van der Waals surface area contributed by atoms with Crippen LogP contribution in [0.4, 0.5) is 5.69 Å². The number of anilines is 1. The third-order valence-corrected chi connectivity index (χ3v) is 6.29. The first-order valence-corrected chi connectivity index (χ1v) is 9.32. The second-order valence-electron chi connectivity index (χ2n) is 7.82. The summed E-state index contributed by atoms with van der Waals surface area (Å²) < 4.78 is 0. The quantitative estimate of drug-likeness (QED) is 0.672. The highest BCUT2D eigenvalue weighted by Gasteiger charge is 2.58. The van der Waals surface area contributed by atoms with Crippen molar-refractivity contribution in [3.8, 4) is 0 Å². The zero-order valence-corrected chi connectivity index (χ0v) is 15.4. The lowest BCUT2D eigenvalue weighted by Gasteiger charge is -2.38. The van der Waals surface area contributed by atoms with Gasteiger partial charge in [-0.3, -0.25) is 19.3 Å². The minimum Gasteiger partial charge on any atom is -0.324 e. The van der Waals surface area contributed by atoms with Crippen LogP contribution in [0.2, 0.25) is 0 Å². The molecule has 2 fully saturated rings. The van der Waals surface area contributed by atoms with E-state index in [0.717, 1.165) is 29.7 Å². The number of hydrogen-bond donors (Lipinski definition) is 1. The predicted molar refractivity (Wildman–Crippen MR) is 98.2 cm³/mol. The van der Waals surface area contributed by atoms with E-state index < -0.39 is 6.04 Å². The fourth-order valence-corrected chi connectivity index (χ4v) is 4.84. The maximum atomic E-state index is 13.0. The Kier molecular flexibility index (Phi) is 3.98. The van der Waals surface area contributed by atoms with Crippen molar-refractivity contribution in [1.29, 1.82) is 0 Å². The number of allylic oxidation sites excluding steroid dienone is 2. The SMILES string of the molecule is Cc1cccc(C)c1NC(=O)[C@H](C)N1C(=O)[C@H]2[C@H](C1=O)[C@H]1C=C[C@H]2CC1. The van der Waals surface area contributed by atoms with Gasteiger partial charge in [0.05, 0.1) is 11.8 Å². The molecule has 0 radical (unpaired) electrons. The van der Waals surface area contributed by atoms with Gasteiger partial charge in [-0.15, -0.1) is 0 Å². The molecule has 1 aromatic rings. The summed E-state index contributed by atoms with van der Waals surface area (Å²) in [4.78, 5) is 40.0. The number of nitrogens with one attached hydrogen (secondary N) is 1. The number of para-hydroxylation sites is 1. The van der Waals surface area contributed by atoms with Gasteiger partial charge in [0.1, 0.15) is 6.04 Å². The van der Waals surface area contributed by atoms with Crippen LogP contribution in [0.15, 0.2) is 30.4 Å². The highest BCUT2D eigenvalue weighted by Crippen LogP contribution is 2.50. The fourth-order valence-electron chi connectivity index (χ4n) is 4.84. The highest BCUT2D eigenvalue weighted by molar-refractivity contribution is 6.10. The Hall–Kier alpha value is -2.43. The third kappa shape index (κ3) is 2.41. The minimum atomic E-state index is -0.806. The third-order valence-electron chi connectivity index (χ3n) is 6.29. The molecule has 5 heteroatoms. The summed E-state index contributed by atoms with van der Waals surface area (Å²) in [5, 5.41) is 2.91. The number of nitrogens with zero attached hydrogens (tertiary/aromatic N) is 1. The van der Waals surface area contributed by atoms with Crippen LogP contribution in [0.1, 0.15) is 30.9 Å². The Bertz CT molecular complexity index is 776. The lowest BCUT2D eigenvalue weighted by molar-refractivity contribution is -0.146. The van der Waals surface area contributed by atoms with Gasteiger partial charge in [-0.25, -0.2) is 0 Å². The lowest BCUT2D eigenvalue weighted by Crippen LogP contribution is -2.46. The molecule has 1 N–H and O–H groups in total. The number of likely N-dealkylation sites (tertiary alicyclic amines) is 1. The smallest absolute Gasteiger partial charge is 0.247 e. The number of amides is 3. The van der Waals surface area contributed by atoms with Crippen molar-refractivity contribution in [2.24, 2.45) is 23.7 Å². The van der Waals surface area contributed by atoms with Crippen LogP contribution in [-0.2, 0) is 14.4 Å². The Morgan fingerprint density at radius 2 is 1.54 bits per heavy atom. The maximum Gasteiger partial charge on any atom is 0.247 e. The molecular formula is C21H24N2O3. The van der Waals surface area contributed by atoms with Crippen molar-refractivity contribution in [3.63, 3.8) is 0 Å². The van der Waals surface area contributed by atoms with Crippen LogP contribution in [0.25, 0.3) is 0 Å². The number of carbonyl (C=O) groups excluding carboxylic acids is 3. The molecule has 1 aliphatic heterocycles. The largest absolute Gasteiger partial charge is 0.324 e. The van der Waals surface area contributed by atoms with E-state index in [1.54, 1.807) is 6.92 Å². The molecule has 0 aromatic heterocycles. The molecule has 0 unspecified atom stereocenters. The van der Waals surface area contributed by atoms with Crippen LogP contribution < -0.4 is 5.32 Å². The monoisotopic (exact) mass is 352 g/mol. The first-order valence-electron chi connectivity index (χ1n) is 9.32. The first-order chi connectivity index (χ1) is 12.4. The molecule has 2 bridgehead atoms. The normalized spacial score (nSPS) is 30.5. The van der Waals surface area contributed by atoms with Gasteiger partial charge in [-0.2, -0.15) is 0 Å². The summed E-state index contributed by atoms with van der Waals surface area (Å²) in [5.74, 6) is -0.946. The molecule has 1 aromatic carbocycles. The number of hydrogen-bond acceptors (Lipinski definition) is 3. The van der Waals surface area contributed by atoms with Gasteiger partial charge in [-0.05, 0) is 56.6 Å². The maximum absolute atomic E-state index is 13.0. The first kappa shape index (κ1) is 17.0. The van der Waals surface area contributed by atoms with Gasteiger partial charge < -0.3 is 5.32 Å². The topological polar surface area (TPSA) is 66.5 Å². The van der Waals surface area contributed by atoms with Gasteiger partial charge in [-0.1, -0.05) is 30.4 Å². The van der Waals surface area contributed by atoms with Crippen molar-refractivity contribution in [3.05, 3.63) is 41.5 Å². The molecular weight excluding hydrogens is 328 g/mol. The molecule has 5 atom stereocenters. The van der Waals surface area contributed by atoms with Crippen molar-refractivity contribution >= 4 is 23.4 Å². The molecule has 3 amide bonds. The van der Waals surface area contributed by atoms with Crippen LogP contribution >= 0.6 is 0 Å². The van der Waals surface area contributed by atoms with E-state index in [2.05, 4.69) is 17.5 Å². The van der Waals surface area contributed by atoms with E-state index in [9.17, 15) is 14.4 Å². The number of carbonyl (C=O) groups is 3. The molecule has 4 aliphatic rings. The summed E-state index contributed by atoms with van der Waals surface area (Å²) in [5.41, 5.74) is 2.67. The van der Waals surface area contributed by atoms with E-state index in [0.29, 0.717) is 0 Å². The average Bonchev–Trinajstić information content (AvgIpc) is 2.91. The van der Waals surface area contributed by atoms with E-state index in [-0.39, 0.29) is 41.4 Å². The second kappa shape index (κ2) is 6.08. The summed E-state index contributed by atoms with van der Waals surface area (Å²) in [7, 11) is 0. The van der Waals surface area contributed by atoms with Crippen molar-refractivity contribution in [1.82, 2.24) is 4.90 Å². The molecule has 1 heterocycles. The van der Waals surface area contributed by atoms with E-state index in [1.165, 1.54) is 4.90 Å². The standard InChI is InChI=1S/C21H24N2O3/c1-11-5-4-6-12(2)18(11)22-19(24)13(3)23-20(25)16-14-7-8-15(10-9-14)17(16)21(23)26/h4-8,13-17H,9-10H2,1-3H3,(H,22,24)/t13-,14-,15-,16+,17+/m0/s1. The second-order valence-corrected chi connectivity index (χ2v) is 7.82. The summed E-state index contributed by atoms with van der Waals surface area (Å²) in [6.07, 6.45) is 6.09. The van der Waals surface area contributed by atoms with Crippen molar-refractivity contribution in [2.75, 3.05) is 5.32 Å². The van der Waals surface area contributed by atoms with Crippen LogP contribution in [0.5, 0.6) is 0 Å². The van der Waals surface area contributed by atoms with E-state index in [4.69, 9.17) is 0 Å². The van der Waals surface area contributed by atoms with E-state index >= 15 is 0 Å². The predicted octanol–water partition coefficient (Wildman–Crippen LogP) is 2.83. The molecule has 0 spiro atoms. The van der Waals surface area contributed by atoms with Gasteiger partial charge in [0.25, 0.3) is 0 Å². The van der Waals surface area contributed by atoms with Gasteiger partial charge in [0, 0.05) is 5.69 Å². The number of fused-ring (bicyclic) bond motifs is 1.